The van der Waals surface area contributed by atoms with E-state index in [1.807, 2.05) is 30.3 Å². The predicted octanol–water partition coefficient (Wildman–Crippen LogP) is 5.75. The lowest BCUT2D eigenvalue weighted by Gasteiger charge is -2.36. The molecule has 0 saturated heterocycles. The molecule has 0 bridgehead atoms. The Bertz CT molecular complexity index is 666. The Kier molecular flexibility index (Phi) is 6.26. The van der Waals surface area contributed by atoms with Crippen LogP contribution in [0.1, 0.15) is 64.5 Å². The van der Waals surface area contributed by atoms with Gasteiger partial charge >= 0.3 is 0 Å². The average Bonchev–Trinajstić information content (AvgIpc) is 2.59. The van der Waals surface area contributed by atoms with Crippen LogP contribution in [0.2, 0.25) is 18.1 Å². The normalized spacial score (nSPS) is 17.0. The van der Waals surface area contributed by atoms with Gasteiger partial charge in [0.2, 0.25) is 0 Å². The third kappa shape index (κ3) is 4.61. The average molecular weight is 357 g/mol. The molecule has 0 amide bonds. The molecular weight excluding hydrogens is 324 g/mol. The molecule has 0 aromatic heterocycles. The zero-order valence-electron chi connectivity index (χ0n) is 16.4. The van der Waals surface area contributed by atoms with Gasteiger partial charge in [-0.05, 0) is 41.9 Å². The lowest BCUT2D eigenvalue weighted by atomic mass is 9.94. The number of benzene rings is 1. The van der Waals surface area contributed by atoms with Crippen molar-refractivity contribution in [1.82, 2.24) is 0 Å². The highest BCUT2D eigenvalue weighted by Gasteiger charge is 2.44. The first-order chi connectivity index (χ1) is 11.6. The summed E-state index contributed by atoms with van der Waals surface area (Å²) in [5, 5.41) is 11.1. The number of hydrogen-bond donors (Lipinski definition) is 1. The van der Waals surface area contributed by atoms with Gasteiger partial charge in [0, 0.05) is 0 Å². The van der Waals surface area contributed by atoms with E-state index in [0.717, 1.165) is 31.2 Å². The Morgan fingerprint density at radius 1 is 1.08 bits per heavy atom. The molecule has 0 heterocycles. The molecule has 2 rings (SSSR count). The van der Waals surface area contributed by atoms with Gasteiger partial charge < -0.3 is 5.11 Å². The molecule has 1 aromatic carbocycles. The van der Waals surface area contributed by atoms with Crippen LogP contribution in [0, 0.1) is 0 Å². The second-order valence-electron chi connectivity index (χ2n) is 8.72. The highest BCUT2D eigenvalue weighted by molar-refractivity contribution is 7.08. The molecule has 1 unspecified atom stereocenters. The number of hydrogen-bond acceptors (Lipinski definition) is 2. The van der Waals surface area contributed by atoms with Crippen LogP contribution in [0.4, 0.5) is 0 Å². The monoisotopic (exact) mass is 356 g/mol. The van der Waals surface area contributed by atoms with Gasteiger partial charge in [0.05, 0.1) is 5.57 Å². The zero-order valence-corrected chi connectivity index (χ0v) is 17.4. The zero-order chi connectivity index (χ0) is 18.7. The van der Waals surface area contributed by atoms with Crippen molar-refractivity contribution in [2.45, 2.75) is 77.1 Å². The third-order valence-electron chi connectivity index (χ3n) is 5.84. The van der Waals surface area contributed by atoms with Crippen LogP contribution >= 0.6 is 0 Å². The molecule has 25 heavy (non-hydrogen) atoms. The molecular formula is C22H32O2Si. The van der Waals surface area contributed by atoms with Crippen LogP contribution in [0.15, 0.2) is 47.2 Å². The van der Waals surface area contributed by atoms with Crippen molar-refractivity contribution in [1.29, 1.82) is 0 Å². The number of aliphatic hydroxyl groups excluding tert-OH is 1. The van der Waals surface area contributed by atoms with E-state index in [4.69, 9.17) is 0 Å². The maximum Gasteiger partial charge on any atom is 0.147 e. The molecule has 1 saturated carbocycles. The third-order valence-corrected chi connectivity index (χ3v) is 11.0. The van der Waals surface area contributed by atoms with Crippen molar-refractivity contribution < 1.29 is 9.90 Å². The van der Waals surface area contributed by atoms with E-state index < -0.39 is 14.2 Å². The van der Waals surface area contributed by atoms with Gasteiger partial charge in [0.15, 0.2) is 0 Å². The van der Waals surface area contributed by atoms with Gasteiger partial charge in [-0.3, -0.25) is 4.79 Å². The number of rotatable bonds is 4. The van der Waals surface area contributed by atoms with Gasteiger partial charge in [0.1, 0.15) is 19.6 Å². The summed E-state index contributed by atoms with van der Waals surface area (Å²) in [6.07, 6.45) is 4.66. The molecule has 0 aliphatic heterocycles. The molecule has 1 aliphatic rings. The van der Waals surface area contributed by atoms with Crippen molar-refractivity contribution in [3.63, 3.8) is 0 Å². The maximum atomic E-state index is 13.5. The number of carbonyl (C=O) groups is 1. The lowest BCUT2D eigenvalue weighted by Crippen LogP contribution is -2.47. The van der Waals surface area contributed by atoms with Crippen LogP contribution in [0.3, 0.4) is 0 Å². The van der Waals surface area contributed by atoms with Gasteiger partial charge in [-0.25, -0.2) is 0 Å². The predicted molar refractivity (Wildman–Crippen MR) is 107 cm³/mol. The Labute approximate surface area is 153 Å². The summed E-state index contributed by atoms with van der Waals surface area (Å²) in [4.78, 5) is 13.5. The first-order valence-corrected chi connectivity index (χ1v) is 12.4. The first kappa shape index (κ1) is 19.9. The largest absolute Gasteiger partial charge is 0.383 e. The second-order valence-corrected chi connectivity index (χ2v) is 13.9. The molecule has 1 aliphatic carbocycles. The van der Waals surface area contributed by atoms with Crippen LogP contribution in [0.25, 0.3) is 0 Å². The Morgan fingerprint density at radius 3 is 2.16 bits per heavy atom. The number of carbonyl (C=O) groups excluding carboxylic acids is 1. The highest BCUT2D eigenvalue weighted by Crippen LogP contribution is 2.40. The summed E-state index contributed by atoms with van der Waals surface area (Å²) >= 11 is 0. The minimum absolute atomic E-state index is 0.0648. The molecule has 1 atom stereocenters. The molecule has 1 fully saturated rings. The second kappa shape index (κ2) is 7.86. The van der Waals surface area contributed by atoms with E-state index in [2.05, 4.69) is 39.6 Å². The fourth-order valence-corrected chi connectivity index (χ4v) is 4.58. The lowest BCUT2D eigenvalue weighted by molar-refractivity contribution is -0.110. The molecule has 0 spiro atoms. The fraction of sp³-hybridized carbons (Fsp3) is 0.545. The van der Waals surface area contributed by atoms with E-state index in [9.17, 15) is 9.90 Å². The summed E-state index contributed by atoms with van der Waals surface area (Å²) < 4.78 is 0. The maximum absolute atomic E-state index is 13.5. The number of aliphatic hydroxyl groups is 1. The van der Waals surface area contributed by atoms with Crippen molar-refractivity contribution in [3.05, 3.63) is 52.8 Å². The Balaban J connectivity index is 2.53. The summed E-state index contributed by atoms with van der Waals surface area (Å²) in [6.45, 7) is 10.6. The Hall–Kier alpha value is -1.41. The molecule has 1 aromatic rings. The summed E-state index contributed by atoms with van der Waals surface area (Å²) in [5.41, 5.74) is 5.85. The molecule has 1 N–H and O–H groups in total. The quantitative estimate of drug-likeness (QED) is 0.423. The smallest absolute Gasteiger partial charge is 0.147 e. The summed E-state index contributed by atoms with van der Waals surface area (Å²) in [7, 11) is -2.26. The van der Waals surface area contributed by atoms with E-state index in [0.29, 0.717) is 5.57 Å². The van der Waals surface area contributed by atoms with Gasteiger partial charge in [-0.15, -0.1) is 5.73 Å². The van der Waals surface area contributed by atoms with Crippen LogP contribution in [-0.4, -0.2) is 18.6 Å². The SMILES string of the molecule is CC(C)(C)[Si](C)(C)C(=O)C(=C=C1CCCCC1)C(O)c1ccccc1. The van der Waals surface area contributed by atoms with Gasteiger partial charge in [-0.2, -0.15) is 0 Å². The van der Waals surface area contributed by atoms with Crippen molar-refractivity contribution in [2.75, 3.05) is 0 Å². The van der Waals surface area contributed by atoms with E-state index in [1.165, 1.54) is 12.0 Å². The molecule has 136 valence electrons. The van der Waals surface area contributed by atoms with E-state index in [-0.39, 0.29) is 10.4 Å². The first-order valence-electron chi connectivity index (χ1n) is 9.41. The highest BCUT2D eigenvalue weighted by atomic mass is 28.3. The van der Waals surface area contributed by atoms with E-state index in [1.54, 1.807) is 0 Å². The fourth-order valence-electron chi connectivity index (χ4n) is 3.02. The van der Waals surface area contributed by atoms with Crippen LogP contribution in [-0.2, 0) is 4.79 Å². The van der Waals surface area contributed by atoms with Crippen LogP contribution in [0.5, 0.6) is 0 Å². The minimum atomic E-state index is -2.26. The van der Waals surface area contributed by atoms with Gasteiger partial charge in [0.25, 0.3) is 0 Å². The molecule has 3 heteroatoms. The molecule has 0 radical (unpaired) electrons. The standard InChI is InChI=1S/C22H32O2Si/c1-22(2,3)25(4,5)21(24)19(16-17-12-8-6-9-13-17)20(23)18-14-10-7-11-15-18/h7,10-11,14-15,20,23H,6,8-9,12-13H2,1-5H3. The van der Waals surface area contributed by atoms with E-state index >= 15 is 0 Å². The molecule has 2 nitrogen and oxygen atoms in total. The Morgan fingerprint density at radius 2 is 1.64 bits per heavy atom. The van der Waals surface area contributed by atoms with Crippen molar-refractivity contribution in [2.24, 2.45) is 0 Å². The summed E-state index contributed by atoms with van der Waals surface area (Å²) in [5.74, 6) is 0. The minimum Gasteiger partial charge on any atom is -0.383 e. The van der Waals surface area contributed by atoms with Gasteiger partial charge in [-0.1, -0.05) is 70.6 Å². The topological polar surface area (TPSA) is 37.3 Å². The summed E-state index contributed by atoms with van der Waals surface area (Å²) in [6, 6.07) is 9.50. The van der Waals surface area contributed by atoms with Crippen molar-refractivity contribution in [3.8, 4) is 0 Å². The van der Waals surface area contributed by atoms with Crippen molar-refractivity contribution >= 4 is 13.5 Å². The van der Waals surface area contributed by atoms with Crippen LogP contribution < -0.4 is 0 Å².